The number of hydrogen-bond donors (Lipinski definition) is 0. The quantitative estimate of drug-likeness (QED) is 0.486. The van der Waals surface area contributed by atoms with Gasteiger partial charge in [-0.05, 0) is 11.5 Å². The number of isocyanates is 1. The topological polar surface area (TPSA) is 42.3 Å². The summed E-state index contributed by atoms with van der Waals surface area (Å²) in [5, 5.41) is 1.89. The SMILES string of the molecule is O=C=Nc1nccc2ccccc12. The maximum atomic E-state index is 10.1. The van der Waals surface area contributed by atoms with E-state index >= 15 is 0 Å². The lowest BCUT2D eigenvalue weighted by molar-refractivity contribution is 0.565. The number of aromatic nitrogens is 1. The molecule has 0 amide bonds. The van der Waals surface area contributed by atoms with Crippen molar-refractivity contribution < 1.29 is 4.79 Å². The Hall–Kier alpha value is -1.99. The fourth-order valence-corrected chi connectivity index (χ4v) is 1.24. The average molecular weight is 170 g/mol. The molecular weight excluding hydrogens is 164 g/mol. The first-order chi connectivity index (χ1) is 6.42. The van der Waals surface area contributed by atoms with Gasteiger partial charge in [0.05, 0.1) is 0 Å². The van der Waals surface area contributed by atoms with Gasteiger partial charge >= 0.3 is 0 Å². The van der Waals surface area contributed by atoms with Crippen molar-refractivity contribution in [3.63, 3.8) is 0 Å². The molecule has 1 aromatic heterocycles. The number of aliphatic imine (C=N–C) groups is 1. The molecule has 13 heavy (non-hydrogen) atoms. The molecule has 0 aliphatic carbocycles. The minimum absolute atomic E-state index is 0.424. The molecule has 0 aliphatic heterocycles. The van der Waals surface area contributed by atoms with Gasteiger partial charge in [-0.2, -0.15) is 0 Å². The van der Waals surface area contributed by atoms with E-state index in [0.29, 0.717) is 5.82 Å². The smallest absolute Gasteiger partial charge is 0.236 e. The van der Waals surface area contributed by atoms with Gasteiger partial charge < -0.3 is 0 Å². The first kappa shape index (κ1) is 7.65. The zero-order valence-electron chi connectivity index (χ0n) is 6.77. The molecule has 1 aromatic carbocycles. The maximum Gasteiger partial charge on any atom is 0.242 e. The molecule has 0 saturated heterocycles. The first-order valence-electron chi connectivity index (χ1n) is 3.83. The van der Waals surface area contributed by atoms with Crippen molar-refractivity contribution >= 4 is 22.7 Å². The second-order valence-electron chi connectivity index (χ2n) is 2.56. The molecule has 0 bridgehead atoms. The third kappa shape index (κ3) is 1.33. The van der Waals surface area contributed by atoms with E-state index in [1.54, 1.807) is 6.20 Å². The second-order valence-corrected chi connectivity index (χ2v) is 2.56. The van der Waals surface area contributed by atoms with Crippen LogP contribution in [0.5, 0.6) is 0 Å². The molecule has 0 radical (unpaired) electrons. The monoisotopic (exact) mass is 170 g/mol. The molecule has 2 rings (SSSR count). The molecule has 0 unspecified atom stereocenters. The van der Waals surface area contributed by atoms with Crippen LogP contribution in [-0.2, 0) is 4.79 Å². The van der Waals surface area contributed by atoms with Crippen molar-refractivity contribution in [1.82, 2.24) is 4.98 Å². The molecule has 3 nitrogen and oxygen atoms in total. The molecule has 0 saturated carbocycles. The Kier molecular flexibility index (Phi) is 1.87. The molecular formula is C10H6N2O. The van der Waals surface area contributed by atoms with E-state index in [0.717, 1.165) is 10.8 Å². The van der Waals surface area contributed by atoms with Crippen molar-refractivity contribution in [2.75, 3.05) is 0 Å². The average Bonchev–Trinajstić information content (AvgIpc) is 2.19. The van der Waals surface area contributed by atoms with Gasteiger partial charge in [-0.1, -0.05) is 24.3 Å². The van der Waals surface area contributed by atoms with Crippen molar-refractivity contribution in [2.24, 2.45) is 4.99 Å². The number of fused-ring (bicyclic) bond motifs is 1. The summed E-state index contributed by atoms with van der Waals surface area (Å²) < 4.78 is 0. The van der Waals surface area contributed by atoms with Crippen molar-refractivity contribution in [2.45, 2.75) is 0 Å². The maximum absolute atomic E-state index is 10.1. The van der Waals surface area contributed by atoms with Crippen molar-refractivity contribution in [3.05, 3.63) is 36.5 Å². The lowest BCUT2D eigenvalue weighted by Crippen LogP contribution is -1.76. The third-order valence-corrected chi connectivity index (χ3v) is 1.80. The summed E-state index contributed by atoms with van der Waals surface area (Å²) in [5.41, 5.74) is 0. The molecule has 1 heterocycles. The van der Waals surface area contributed by atoms with Gasteiger partial charge in [0, 0.05) is 11.6 Å². The van der Waals surface area contributed by atoms with E-state index < -0.39 is 0 Å². The van der Waals surface area contributed by atoms with Crippen LogP contribution in [0.15, 0.2) is 41.5 Å². The second kappa shape index (κ2) is 3.17. The molecule has 0 atom stereocenters. The summed E-state index contributed by atoms with van der Waals surface area (Å²) in [6, 6.07) is 9.50. The van der Waals surface area contributed by atoms with Crippen LogP contribution >= 0.6 is 0 Å². The van der Waals surface area contributed by atoms with E-state index in [9.17, 15) is 4.79 Å². The fraction of sp³-hybridized carbons (Fsp3) is 0. The summed E-state index contributed by atoms with van der Waals surface area (Å²) in [7, 11) is 0. The van der Waals surface area contributed by atoms with Crippen LogP contribution in [0.4, 0.5) is 5.82 Å². The number of hydrogen-bond acceptors (Lipinski definition) is 3. The van der Waals surface area contributed by atoms with Crippen LogP contribution in [-0.4, -0.2) is 11.1 Å². The number of pyridine rings is 1. The van der Waals surface area contributed by atoms with Gasteiger partial charge in [-0.3, -0.25) is 0 Å². The largest absolute Gasteiger partial charge is 0.242 e. The van der Waals surface area contributed by atoms with E-state index in [-0.39, 0.29) is 0 Å². The highest BCUT2D eigenvalue weighted by molar-refractivity contribution is 5.90. The van der Waals surface area contributed by atoms with Gasteiger partial charge in [-0.25, -0.2) is 9.78 Å². The van der Waals surface area contributed by atoms with Crippen LogP contribution in [0.1, 0.15) is 0 Å². The number of nitrogens with zero attached hydrogens (tertiary/aromatic N) is 2. The van der Waals surface area contributed by atoms with Crippen LogP contribution in [0, 0.1) is 0 Å². The number of benzene rings is 1. The Morgan fingerprint density at radius 1 is 1.23 bits per heavy atom. The predicted octanol–water partition coefficient (Wildman–Crippen LogP) is 2.20. The Morgan fingerprint density at radius 2 is 2.08 bits per heavy atom. The zero-order valence-corrected chi connectivity index (χ0v) is 6.77. The minimum Gasteiger partial charge on any atom is -0.236 e. The highest BCUT2D eigenvalue weighted by Crippen LogP contribution is 2.21. The molecule has 0 fully saturated rings. The molecule has 2 aromatic rings. The Labute approximate surface area is 74.8 Å². The standard InChI is InChI=1S/C10H6N2O/c13-7-12-10-9-4-2-1-3-8(9)5-6-11-10/h1-6H. The molecule has 0 aliphatic rings. The van der Waals surface area contributed by atoms with Crippen LogP contribution < -0.4 is 0 Å². The summed E-state index contributed by atoms with van der Waals surface area (Å²) in [4.78, 5) is 17.6. The zero-order chi connectivity index (χ0) is 9.10. The van der Waals surface area contributed by atoms with Gasteiger partial charge in [0.25, 0.3) is 0 Å². The third-order valence-electron chi connectivity index (χ3n) is 1.80. The van der Waals surface area contributed by atoms with Gasteiger partial charge in [0.2, 0.25) is 6.08 Å². The minimum atomic E-state index is 0.424. The summed E-state index contributed by atoms with van der Waals surface area (Å²) in [6.07, 6.45) is 3.11. The Morgan fingerprint density at radius 3 is 2.92 bits per heavy atom. The summed E-state index contributed by atoms with van der Waals surface area (Å²) in [6.45, 7) is 0. The Balaban J connectivity index is 2.82. The summed E-state index contributed by atoms with van der Waals surface area (Å²) in [5.74, 6) is 0.424. The number of carbonyl (C=O) groups excluding carboxylic acids is 1. The van der Waals surface area contributed by atoms with Crippen LogP contribution in [0.25, 0.3) is 10.8 Å². The van der Waals surface area contributed by atoms with Gasteiger partial charge in [0.15, 0.2) is 5.82 Å². The molecule has 0 N–H and O–H groups in total. The fourth-order valence-electron chi connectivity index (χ4n) is 1.24. The lowest BCUT2D eigenvalue weighted by atomic mass is 10.2. The van der Waals surface area contributed by atoms with Crippen LogP contribution in [0.2, 0.25) is 0 Å². The lowest BCUT2D eigenvalue weighted by Gasteiger charge is -1.97. The Bertz CT molecular complexity index is 482. The highest BCUT2D eigenvalue weighted by Gasteiger charge is 1.98. The predicted molar refractivity (Wildman–Crippen MR) is 49.5 cm³/mol. The molecule has 0 spiro atoms. The summed E-state index contributed by atoms with van der Waals surface area (Å²) >= 11 is 0. The van der Waals surface area contributed by atoms with E-state index in [4.69, 9.17) is 0 Å². The van der Waals surface area contributed by atoms with Gasteiger partial charge in [0.1, 0.15) is 0 Å². The van der Waals surface area contributed by atoms with E-state index in [2.05, 4.69) is 9.98 Å². The van der Waals surface area contributed by atoms with E-state index in [1.165, 1.54) is 6.08 Å². The number of rotatable bonds is 1. The van der Waals surface area contributed by atoms with Crippen molar-refractivity contribution in [1.29, 1.82) is 0 Å². The van der Waals surface area contributed by atoms with Crippen LogP contribution in [0.3, 0.4) is 0 Å². The molecule has 3 heteroatoms. The van der Waals surface area contributed by atoms with Gasteiger partial charge in [-0.15, -0.1) is 4.99 Å². The van der Waals surface area contributed by atoms with Crippen molar-refractivity contribution in [3.8, 4) is 0 Å². The van der Waals surface area contributed by atoms with E-state index in [1.807, 2.05) is 30.3 Å². The normalized spacial score (nSPS) is 9.54. The molecule has 62 valence electrons. The first-order valence-corrected chi connectivity index (χ1v) is 3.83. The highest BCUT2D eigenvalue weighted by atomic mass is 16.1.